The van der Waals surface area contributed by atoms with Gasteiger partial charge in [0, 0.05) is 0 Å². The fourth-order valence-electron chi connectivity index (χ4n) is 1.49. The maximum absolute atomic E-state index is 11.6. The van der Waals surface area contributed by atoms with Crippen molar-refractivity contribution in [2.24, 2.45) is 0 Å². The first-order valence-corrected chi connectivity index (χ1v) is 6.21. The predicted molar refractivity (Wildman–Crippen MR) is 63.6 cm³/mol. The Balaban J connectivity index is 3.25. The van der Waals surface area contributed by atoms with Crippen LogP contribution in [0.25, 0.3) is 0 Å². The van der Waals surface area contributed by atoms with Crippen LogP contribution in [0, 0.1) is 6.92 Å². The molecule has 1 heterocycles. The molecule has 15 heavy (non-hydrogen) atoms. The summed E-state index contributed by atoms with van der Waals surface area (Å²) in [5.41, 5.74) is 3.17. The summed E-state index contributed by atoms with van der Waals surface area (Å²) in [6.07, 6.45) is 1.68. The highest BCUT2D eigenvalue weighted by molar-refractivity contribution is 9.09. The van der Waals surface area contributed by atoms with Crippen molar-refractivity contribution in [2.45, 2.75) is 33.6 Å². The van der Waals surface area contributed by atoms with Crippen LogP contribution in [0.15, 0.2) is 0 Å². The van der Waals surface area contributed by atoms with E-state index in [1.54, 1.807) is 0 Å². The van der Waals surface area contributed by atoms with Gasteiger partial charge in [-0.15, -0.1) is 0 Å². The summed E-state index contributed by atoms with van der Waals surface area (Å²) < 4.78 is 0. The standard InChI is InChI=1S/C11H15BrN2O/c1-4-8-9(5-2)14-11(7(3)13-8)10(15)6-12/h4-6H2,1-3H3. The first kappa shape index (κ1) is 12.3. The smallest absolute Gasteiger partial charge is 0.193 e. The van der Waals surface area contributed by atoms with Gasteiger partial charge in [0.05, 0.1) is 22.4 Å². The molecule has 0 fully saturated rings. The monoisotopic (exact) mass is 270 g/mol. The van der Waals surface area contributed by atoms with Crippen molar-refractivity contribution in [3.8, 4) is 0 Å². The number of halogens is 1. The van der Waals surface area contributed by atoms with E-state index in [4.69, 9.17) is 0 Å². The molecule has 0 bridgehead atoms. The normalized spacial score (nSPS) is 10.4. The minimum Gasteiger partial charge on any atom is -0.291 e. The largest absolute Gasteiger partial charge is 0.291 e. The molecule has 0 saturated heterocycles. The third-order valence-electron chi connectivity index (χ3n) is 2.28. The lowest BCUT2D eigenvalue weighted by molar-refractivity contribution is 0.101. The van der Waals surface area contributed by atoms with E-state index in [2.05, 4.69) is 32.8 Å². The molecule has 0 atom stereocenters. The molecular formula is C11H15BrN2O. The molecule has 0 N–H and O–H groups in total. The number of aryl methyl sites for hydroxylation is 3. The zero-order valence-electron chi connectivity index (χ0n) is 9.30. The van der Waals surface area contributed by atoms with Crippen molar-refractivity contribution in [3.63, 3.8) is 0 Å². The van der Waals surface area contributed by atoms with Crippen molar-refractivity contribution in [2.75, 3.05) is 5.33 Å². The Labute approximate surface area is 98.5 Å². The fourth-order valence-corrected chi connectivity index (χ4v) is 1.76. The lowest BCUT2D eigenvalue weighted by atomic mass is 10.1. The molecule has 0 aromatic carbocycles. The van der Waals surface area contributed by atoms with Gasteiger partial charge in [-0.05, 0) is 19.8 Å². The van der Waals surface area contributed by atoms with Crippen molar-refractivity contribution in [1.82, 2.24) is 9.97 Å². The number of carbonyl (C=O) groups excluding carboxylic acids is 1. The minimum atomic E-state index is -0.00245. The van der Waals surface area contributed by atoms with Crippen LogP contribution in [0.2, 0.25) is 0 Å². The van der Waals surface area contributed by atoms with Crippen LogP contribution in [-0.2, 0) is 12.8 Å². The molecular weight excluding hydrogens is 256 g/mol. The molecule has 3 nitrogen and oxygen atoms in total. The summed E-state index contributed by atoms with van der Waals surface area (Å²) in [4.78, 5) is 20.4. The number of hydrogen-bond acceptors (Lipinski definition) is 3. The molecule has 4 heteroatoms. The van der Waals surface area contributed by atoms with Crippen LogP contribution >= 0.6 is 15.9 Å². The van der Waals surface area contributed by atoms with Gasteiger partial charge in [0.15, 0.2) is 5.78 Å². The van der Waals surface area contributed by atoms with E-state index in [1.807, 2.05) is 13.8 Å². The highest BCUT2D eigenvalue weighted by Gasteiger charge is 2.14. The first-order valence-electron chi connectivity index (χ1n) is 5.09. The Bertz CT molecular complexity index is 377. The Kier molecular flexibility index (Phi) is 4.39. The van der Waals surface area contributed by atoms with Crippen LogP contribution in [0.1, 0.15) is 41.4 Å². The van der Waals surface area contributed by atoms with Gasteiger partial charge in [0.25, 0.3) is 0 Å². The molecule has 0 aliphatic rings. The second kappa shape index (κ2) is 5.35. The average molecular weight is 271 g/mol. The van der Waals surface area contributed by atoms with E-state index in [9.17, 15) is 4.79 Å². The molecule has 0 radical (unpaired) electrons. The average Bonchev–Trinajstić information content (AvgIpc) is 2.27. The summed E-state index contributed by atoms with van der Waals surface area (Å²) in [7, 11) is 0. The van der Waals surface area contributed by atoms with E-state index in [0.717, 1.165) is 29.9 Å². The number of alkyl halides is 1. The number of hydrogen-bond donors (Lipinski definition) is 0. The van der Waals surface area contributed by atoms with Crippen molar-refractivity contribution in [1.29, 1.82) is 0 Å². The topological polar surface area (TPSA) is 42.9 Å². The van der Waals surface area contributed by atoms with Gasteiger partial charge < -0.3 is 0 Å². The zero-order chi connectivity index (χ0) is 11.4. The van der Waals surface area contributed by atoms with Crippen LogP contribution in [0.3, 0.4) is 0 Å². The van der Waals surface area contributed by atoms with Gasteiger partial charge in [0.2, 0.25) is 0 Å². The van der Waals surface area contributed by atoms with Gasteiger partial charge >= 0.3 is 0 Å². The SMILES string of the molecule is CCc1nc(C)c(C(=O)CBr)nc1CC. The van der Waals surface area contributed by atoms with Gasteiger partial charge in [0.1, 0.15) is 5.69 Å². The number of nitrogens with zero attached hydrogens (tertiary/aromatic N) is 2. The van der Waals surface area contributed by atoms with E-state index in [0.29, 0.717) is 11.0 Å². The predicted octanol–water partition coefficient (Wildman–Crippen LogP) is 2.49. The molecule has 82 valence electrons. The van der Waals surface area contributed by atoms with Crippen LogP contribution in [0.5, 0.6) is 0 Å². The molecule has 1 rings (SSSR count). The Morgan fingerprint density at radius 3 is 2.20 bits per heavy atom. The third-order valence-corrected chi connectivity index (χ3v) is 2.79. The van der Waals surface area contributed by atoms with E-state index >= 15 is 0 Å². The van der Waals surface area contributed by atoms with Crippen molar-refractivity contribution >= 4 is 21.7 Å². The zero-order valence-corrected chi connectivity index (χ0v) is 10.9. The lowest BCUT2D eigenvalue weighted by Gasteiger charge is -2.08. The number of carbonyl (C=O) groups is 1. The van der Waals surface area contributed by atoms with E-state index in [-0.39, 0.29) is 5.78 Å². The summed E-state index contributed by atoms with van der Waals surface area (Å²) >= 11 is 3.15. The molecule has 0 unspecified atom stereocenters. The molecule has 0 spiro atoms. The van der Waals surface area contributed by atoms with Gasteiger partial charge in [-0.3, -0.25) is 9.78 Å². The van der Waals surface area contributed by atoms with Gasteiger partial charge in [-0.25, -0.2) is 4.98 Å². The fraction of sp³-hybridized carbons (Fsp3) is 0.545. The highest BCUT2D eigenvalue weighted by Crippen LogP contribution is 2.11. The Hall–Kier alpha value is -0.770. The van der Waals surface area contributed by atoms with Crippen molar-refractivity contribution < 1.29 is 4.79 Å². The van der Waals surface area contributed by atoms with Crippen LogP contribution < -0.4 is 0 Å². The van der Waals surface area contributed by atoms with E-state index < -0.39 is 0 Å². The maximum atomic E-state index is 11.6. The van der Waals surface area contributed by atoms with Gasteiger partial charge in [-0.2, -0.15) is 0 Å². The Morgan fingerprint density at radius 1 is 1.20 bits per heavy atom. The second-order valence-corrected chi connectivity index (χ2v) is 3.88. The molecule has 0 aliphatic carbocycles. The molecule has 0 saturated carbocycles. The second-order valence-electron chi connectivity index (χ2n) is 3.31. The quantitative estimate of drug-likeness (QED) is 0.624. The third kappa shape index (κ3) is 2.62. The van der Waals surface area contributed by atoms with E-state index in [1.165, 1.54) is 0 Å². The molecule has 0 amide bonds. The maximum Gasteiger partial charge on any atom is 0.193 e. The molecule has 1 aromatic rings. The molecule has 0 aliphatic heterocycles. The molecule has 1 aromatic heterocycles. The number of ketones is 1. The number of aromatic nitrogens is 2. The minimum absolute atomic E-state index is 0.00245. The summed E-state index contributed by atoms with van der Waals surface area (Å²) in [5, 5.41) is 0.303. The summed E-state index contributed by atoms with van der Waals surface area (Å²) in [6.45, 7) is 5.91. The van der Waals surface area contributed by atoms with Crippen LogP contribution in [-0.4, -0.2) is 21.1 Å². The van der Waals surface area contributed by atoms with Crippen LogP contribution in [0.4, 0.5) is 0 Å². The highest BCUT2D eigenvalue weighted by atomic mass is 79.9. The summed E-state index contributed by atoms with van der Waals surface area (Å²) in [5.74, 6) is -0.00245. The summed E-state index contributed by atoms with van der Waals surface area (Å²) in [6, 6.07) is 0. The Morgan fingerprint density at radius 2 is 1.73 bits per heavy atom. The van der Waals surface area contributed by atoms with Crippen molar-refractivity contribution in [3.05, 3.63) is 22.8 Å². The first-order chi connectivity index (χ1) is 7.13. The number of rotatable bonds is 4. The lowest BCUT2D eigenvalue weighted by Crippen LogP contribution is -2.12. The van der Waals surface area contributed by atoms with Gasteiger partial charge in [-0.1, -0.05) is 29.8 Å². The number of Topliss-reactive ketones (excluding diaryl/α,β-unsaturated/α-hetero) is 1.